The predicted molar refractivity (Wildman–Crippen MR) is 112 cm³/mol. The van der Waals surface area contributed by atoms with Gasteiger partial charge in [-0.05, 0) is 30.2 Å². The number of sulfonamides is 1. The molecule has 7 nitrogen and oxygen atoms in total. The molecule has 1 saturated heterocycles. The first kappa shape index (κ1) is 21.3. The topological polar surface area (TPSA) is 98.6 Å². The lowest BCUT2D eigenvalue weighted by Crippen LogP contribution is -2.67. The third-order valence-electron chi connectivity index (χ3n) is 5.07. The third-order valence-corrected chi connectivity index (χ3v) is 6.31. The fourth-order valence-corrected chi connectivity index (χ4v) is 4.99. The van der Waals surface area contributed by atoms with Gasteiger partial charge in [0.25, 0.3) is 11.8 Å². The maximum Gasteiger partial charge on any atom is 0.285 e. The molecule has 1 aliphatic heterocycles. The molecule has 0 radical (unpaired) electrons. The Kier molecular flexibility index (Phi) is 5.51. The summed E-state index contributed by atoms with van der Waals surface area (Å²) in [7, 11) is -2.64. The number of carbonyl (C=O) groups excluding carboxylic acids is 2. The lowest BCUT2D eigenvalue weighted by atomic mass is 9.88. The molecule has 154 valence electrons. The number of hydrogen-bond donors (Lipinski definition) is 0. The Balaban J connectivity index is 2.16. The number of carbonyl (C=O) groups is 2. The summed E-state index contributed by atoms with van der Waals surface area (Å²) in [5.41, 5.74) is -0.276. The standard InChI is InChI=1S/C22H21N3O4S/c1-22(14-16-9-5-4-6-10-16)21(27)24(2)19(20(26)25(22)30(3,28)29)13-17-11-7-8-12-18(17)15-23/h4-13H,14H2,1-3H3. The van der Waals surface area contributed by atoms with Crippen LogP contribution >= 0.6 is 0 Å². The minimum atomic E-state index is -4.07. The van der Waals surface area contributed by atoms with Gasteiger partial charge in [-0.25, -0.2) is 12.7 Å². The number of rotatable bonds is 4. The average molecular weight is 423 g/mol. The molecule has 1 atom stereocenters. The van der Waals surface area contributed by atoms with E-state index in [2.05, 4.69) is 0 Å². The summed E-state index contributed by atoms with van der Waals surface area (Å²) in [6.45, 7) is 1.46. The molecule has 0 aliphatic carbocycles. The molecule has 1 aliphatic rings. The van der Waals surface area contributed by atoms with Crippen LogP contribution in [0.1, 0.15) is 23.6 Å². The molecule has 2 aromatic carbocycles. The van der Waals surface area contributed by atoms with E-state index in [0.717, 1.165) is 11.8 Å². The molecule has 2 aromatic rings. The van der Waals surface area contributed by atoms with Crippen molar-refractivity contribution in [3.63, 3.8) is 0 Å². The van der Waals surface area contributed by atoms with Crippen molar-refractivity contribution in [3.05, 3.63) is 77.0 Å². The highest BCUT2D eigenvalue weighted by atomic mass is 32.2. The van der Waals surface area contributed by atoms with Gasteiger partial charge in [-0.1, -0.05) is 48.5 Å². The van der Waals surface area contributed by atoms with Crippen LogP contribution in [0, 0.1) is 11.3 Å². The summed E-state index contributed by atoms with van der Waals surface area (Å²) in [5, 5.41) is 9.31. The first-order valence-corrected chi connectivity index (χ1v) is 11.0. The van der Waals surface area contributed by atoms with Gasteiger partial charge in [-0.3, -0.25) is 9.59 Å². The van der Waals surface area contributed by atoms with E-state index in [4.69, 9.17) is 0 Å². The van der Waals surface area contributed by atoms with Crippen molar-refractivity contribution in [2.75, 3.05) is 13.3 Å². The van der Waals surface area contributed by atoms with Crippen LogP contribution < -0.4 is 0 Å². The summed E-state index contributed by atoms with van der Waals surface area (Å²) < 4.78 is 25.9. The highest BCUT2D eigenvalue weighted by Gasteiger charge is 2.54. The highest BCUT2D eigenvalue weighted by molar-refractivity contribution is 7.89. The fourth-order valence-electron chi connectivity index (χ4n) is 3.72. The minimum absolute atomic E-state index is 0.0396. The Morgan fingerprint density at radius 3 is 2.27 bits per heavy atom. The molecule has 8 heteroatoms. The molecule has 1 unspecified atom stereocenters. The SMILES string of the molecule is CN1C(=O)C(C)(Cc2ccccc2)N(S(C)(=O)=O)C(=O)C1=Cc1ccccc1C#N. The Morgan fingerprint density at radius 2 is 1.67 bits per heavy atom. The number of likely N-dealkylation sites (N-methyl/N-ethyl adjacent to an activating group) is 1. The zero-order valence-electron chi connectivity index (χ0n) is 16.9. The van der Waals surface area contributed by atoms with Crippen LogP contribution in [-0.4, -0.2) is 48.3 Å². The Hall–Kier alpha value is -3.44. The largest absolute Gasteiger partial charge is 0.309 e. The zero-order valence-corrected chi connectivity index (χ0v) is 17.7. The monoisotopic (exact) mass is 423 g/mol. The van der Waals surface area contributed by atoms with Crippen LogP contribution in [0.3, 0.4) is 0 Å². The molecule has 2 amide bonds. The quantitative estimate of drug-likeness (QED) is 0.702. The Morgan fingerprint density at radius 1 is 1.07 bits per heavy atom. The molecule has 30 heavy (non-hydrogen) atoms. The smallest absolute Gasteiger partial charge is 0.285 e. The van der Waals surface area contributed by atoms with Crippen LogP contribution in [-0.2, 0) is 26.0 Å². The summed E-state index contributed by atoms with van der Waals surface area (Å²) in [6.07, 6.45) is 2.32. The maximum absolute atomic E-state index is 13.4. The Labute approximate surface area is 175 Å². The number of amides is 2. The molecule has 1 heterocycles. The maximum atomic E-state index is 13.4. The van der Waals surface area contributed by atoms with Crippen LogP contribution in [0.15, 0.2) is 60.3 Å². The van der Waals surface area contributed by atoms with Crippen LogP contribution in [0.2, 0.25) is 0 Å². The first-order chi connectivity index (χ1) is 14.1. The lowest BCUT2D eigenvalue weighted by Gasteiger charge is -2.45. The van der Waals surface area contributed by atoms with E-state index in [9.17, 15) is 23.3 Å². The van der Waals surface area contributed by atoms with Crippen molar-refractivity contribution >= 4 is 27.9 Å². The first-order valence-electron chi connectivity index (χ1n) is 9.17. The Bertz CT molecular complexity index is 1180. The summed E-state index contributed by atoms with van der Waals surface area (Å²) in [4.78, 5) is 27.9. The predicted octanol–water partition coefficient (Wildman–Crippen LogP) is 2.16. The molecule has 1 fully saturated rings. The summed E-state index contributed by atoms with van der Waals surface area (Å²) in [5.74, 6) is -1.34. The van der Waals surface area contributed by atoms with E-state index in [0.29, 0.717) is 15.4 Å². The van der Waals surface area contributed by atoms with E-state index in [1.54, 1.807) is 48.5 Å². The van der Waals surface area contributed by atoms with Gasteiger partial charge in [0.05, 0.1) is 17.9 Å². The van der Waals surface area contributed by atoms with Crippen molar-refractivity contribution in [3.8, 4) is 6.07 Å². The third kappa shape index (κ3) is 3.72. The molecular formula is C22H21N3O4S. The normalized spacial score (nSPS) is 21.1. The number of nitriles is 1. The van der Waals surface area contributed by atoms with E-state index in [1.165, 1.54) is 24.9 Å². The van der Waals surface area contributed by atoms with Crippen LogP contribution in [0.25, 0.3) is 6.08 Å². The van der Waals surface area contributed by atoms with Crippen molar-refractivity contribution < 1.29 is 18.0 Å². The van der Waals surface area contributed by atoms with Gasteiger partial charge in [0.2, 0.25) is 10.0 Å². The van der Waals surface area contributed by atoms with Crippen molar-refractivity contribution in [1.82, 2.24) is 9.21 Å². The second-order valence-corrected chi connectivity index (χ2v) is 9.19. The summed E-state index contributed by atoms with van der Waals surface area (Å²) >= 11 is 0. The van der Waals surface area contributed by atoms with Gasteiger partial charge in [0.1, 0.15) is 11.2 Å². The molecule has 0 spiro atoms. The molecule has 3 rings (SSSR count). The molecule has 0 N–H and O–H groups in total. The lowest BCUT2D eigenvalue weighted by molar-refractivity contribution is -0.150. The highest BCUT2D eigenvalue weighted by Crippen LogP contribution is 2.34. The van der Waals surface area contributed by atoms with Gasteiger partial charge >= 0.3 is 0 Å². The van der Waals surface area contributed by atoms with Crippen LogP contribution in [0.4, 0.5) is 0 Å². The van der Waals surface area contributed by atoms with Gasteiger partial charge in [-0.15, -0.1) is 0 Å². The second-order valence-electron chi connectivity index (χ2n) is 7.36. The van der Waals surface area contributed by atoms with Gasteiger partial charge < -0.3 is 4.90 Å². The van der Waals surface area contributed by atoms with Crippen LogP contribution in [0.5, 0.6) is 0 Å². The van der Waals surface area contributed by atoms with Crippen molar-refractivity contribution in [1.29, 1.82) is 5.26 Å². The van der Waals surface area contributed by atoms with Gasteiger partial charge in [0, 0.05) is 13.5 Å². The zero-order chi connectivity index (χ0) is 22.1. The molecular weight excluding hydrogens is 402 g/mol. The van der Waals surface area contributed by atoms with Gasteiger partial charge in [0.15, 0.2) is 0 Å². The van der Waals surface area contributed by atoms with E-state index in [-0.39, 0.29) is 12.1 Å². The van der Waals surface area contributed by atoms with Crippen molar-refractivity contribution in [2.24, 2.45) is 0 Å². The van der Waals surface area contributed by atoms with E-state index < -0.39 is 27.4 Å². The second kappa shape index (κ2) is 7.76. The molecule has 0 bridgehead atoms. The number of benzene rings is 2. The average Bonchev–Trinajstić information content (AvgIpc) is 2.69. The number of hydrogen-bond acceptors (Lipinski definition) is 5. The number of nitrogens with zero attached hydrogens (tertiary/aromatic N) is 3. The fraction of sp³-hybridized carbons (Fsp3) is 0.227. The summed E-state index contributed by atoms with van der Waals surface area (Å²) in [6, 6.07) is 17.5. The van der Waals surface area contributed by atoms with E-state index >= 15 is 0 Å². The molecule has 0 aromatic heterocycles. The van der Waals surface area contributed by atoms with Crippen molar-refractivity contribution in [2.45, 2.75) is 18.9 Å². The van der Waals surface area contributed by atoms with E-state index in [1.807, 2.05) is 12.1 Å². The van der Waals surface area contributed by atoms with Gasteiger partial charge in [-0.2, -0.15) is 5.26 Å². The minimum Gasteiger partial charge on any atom is -0.309 e. The number of piperazine rings is 1. The molecule has 0 saturated carbocycles.